The van der Waals surface area contributed by atoms with E-state index in [1.54, 1.807) is 37.3 Å². The molecule has 35 heavy (non-hydrogen) atoms. The van der Waals surface area contributed by atoms with Crippen molar-refractivity contribution in [3.8, 4) is 5.75 Å². The van der Waals surface area contributed by atoms with Crippen LogP contribution in [0, 0.1) is 6.92 Å². The van der Waals surface area contributed by atoms with Crippen LogP contribution in [0.1, 0.15) is 46.4 Å². The number of allylic oxidation sites excluding steroid dienone is 1. The predicted molar refractivity (Wildman–Crippen MR) is 135 cm³/mol. The highest BCUT2D eigenvalue weighted by Crippen LogP contribution is 2.43. The van der Waals surface area contributed by atoms with E-state index in [0.717, 1.165) is 16.9 Å². The molecule has 1 N–H and O–H groups in total. The van der Waals surface area contributed by atoms with E-state index < -0.39 is 23.5 Å². The Morgan fingerprint density at radius 1 is 1.17 bits per heavy atom. The molecule has 0 bridgehead atoms. The number of hydrogen-bond donors (Lipinski definition) is 1. The second-order valence-electron chi connectivity index (χ2n) is 7.92. The van der Waals surface area contributed by atoms with Crippen molar-refractivity contribution in [2.75, 3.05) is 11.5 Å². The molecule has 0 saturated carbocycles. The number of aryl methyl sites for hydroxylation is 1. The fourth-order valence-electron chi connectivity index (χ4n) is 3.95. The van der Waals surface area contributed by atoms with Gasteiger partial charge in [-0.15, -0.1) is 0 Å². The fraction of sp³-hybridized carbons (Fsp3) is 0.185. The van der Waals surface area contributed by atoms with Crippen LogP contribution >= 0.6 is 11.3 Å². The minimum absolute atomic E-state index is 0.0620. The van der Waals surface area contributed by atoms with Crippen molar-refractivity contribution in [2.45, 2.75) is 26.8 Å². The number of Topliss-reactive ketones (excluding diaryl/α,β-unsaturated/α-hetero) is 1. The zero-order valence-corrected chi connectivity index (χ0v) is 20.3. The van der Waals surface area contributed by atoms with E-state index in [1.165, 1.54) is 17.9 Å². The lowest BCUT2D eigenvalue weighted by molar-refractivity contribution is -0.117. The van der Waals surface area contributed by atoms with Crippen LogP contribution in [0.3, 0.4) is 0 Å². The molecular weight excluding hydrogens is 464 g/mol. The Kier molecular flexibility index (Phi) is 6.93. The first-order chi connectivity index (χ1) is 16.8. The van der Waals surface area contributed by atoms with Crippen molar-refractivity contribution in [2.24, 2.45) is 0 Å². The number of ether oxygens (including phenoxy) is 1. The third kappa shape index (κ3) is 4.79. The van der Waals surface area contributed by atoms with Crippen LogP contribution in [0.15, 0.2) is 72.0 Å². The third-order valence-electron chi connectivity index (χ3n) is 5.50. The summed E-state index contributed by atoms with van der Waals surface area (Å²) in [6, 6.07) is 15.3. The minimum Gasteiger partial charge on any atom is -0.503 e. The molecule has 8 heteroatoms. The van der Waals surface area contributed by atoms with Crippen molar-refractivity contribution in [3.63, 3.8) is 0 Å². The van der Waals surface area contributed by atoms with E-state index in [9.17, 15) is 19.5 Å². The Balaban J connectivity index is 1.82. The highest BCUT2D eigenvalue weighted by molar-refractivity contribution is 7.17. The third-order valence-corrected chi connectivity index (χ3v) is 6.75. The van der Waals surface area contributed by atoms with Crippen LogP contribution in [-0.4, -0.2) is 34.2 Å². The van der Waals surface area contributed by atoms with Gasteiger partial charge in [0.1, 0.15) is 5.75 Å². The van der Waals surface area contributed by atoms with Crippen molar-refractivity contribution >= 4 is 40.0 Å². The van der Waals surface area contributed by atoms with Crippen molar-refractivity contribution in [3.05, 3.63) is 93.7 Å². The molecule has 4 rings (SSSR count). The Morgan fingerprint density at radius 2 is 1.91 bits per heavy atom. The first kappa shape index (κ1) is 24.1. The molecule has 0 radical (unpaired) electrons. The van der Waals surface area contributed by atoms with Gasteiger partial charge in [-0.05, 0) is 43.2 Å². The fourth-order valence-corrected chi connectivity index (χ4v) is 4.94. The summed E-state index contributed by atoms with van der Waals surface area (Å²) in [6.07, 6.45) is 2.97. The maximum atomic E-state index is 13.3. The van der Waals surface area contributed by atoms with E-state index in [4.69, 9.17) is 4.74 Å². The summed E-state index contributed by atoms with van der Waals surface area (Å²) >= 11 is 1.05. The molecule has 0 saturated heterocycles. The largest absolute Gasteiger partial charge is 0.503 e. The lowest BCUT2D eigenvalue weighted by atomic mass is 9.95. The summed E-state index contributed by atoms with van der Waals surface area (Å²) in [7, 11) is 0. The summed E-state index contributed by atoms with van der Waals surface area (Å²) in [5.41, 5.74) is 1.80. The van der Waals surface area contributed by atoms with E-state index >= 15 is 0 Å². The predicted octanol–water partition coefficient (Wildman–Crippen LogP) is 5.24. The number of benzene rings is 2. The van der Waals surface area contributed by atoms with E-state index in [-0.39, 0.29) is 16.5 Å². The molecular formula is C27H24N2O5S. The Labute approximate surface area is 207 Å². The lowest BCUT2D eigenvalue weighted by Crippen LogP contribution is -2.30. The summed E-state index contributed by atoms with van der Waals surface area (Å²) in [4.78, 5) is 44.8. The van der Waals surface area contributed by atoms with Crippen molar-refractivity contribution in [1.82, 2.24) is 4.98 Å². The Bertz CT molecular complexity index is 1360. The van der Waals surface area contributed by atoms with Crippen LogP contribution in [0.5, 0.6) is 5.75 Å². The number of carbonyl (C=O) groups is 3. The van der Waals surface area contributed by atoms with Gasteiger partial charge in [-0.3, -0.25) is 19.3 Å². The molecule has 0 spiro atoms. The SMILES string of the molecule is CCOc1cccc(C2C(C(=O)/C=C/c3ccccc3)=C(O)C(=O)N2c2nc(C)c(C(C)=O)s2)c1. The monoisotopic (exact) mass is 488 g/mol. The quantitative estimate of drug-likeness (QED) is 0.344. The van der Waals surface area contributed by atoms with Gasteiger partial charge in [0.25, 0.3) is 5.91 Å². The summed E-state index contributed by atoms with van der Waals surface area (Å²) < 4.78 is 5.62. The van der Waals surface area contributed by atoms with Gasteiger partial charge in [-0.1, -0.05) is 59.9 Å². The summed E-state index contributed by atoms with van der Waals surface area (Å²) in [5.74, 6) is -1.51. The number of thiazole rings is 1. The number of amides is 1. The van der Waals surface area contributed by atoms with Gasteiger partial charge in [-0.2, -0.15) is 0 Å². The maximum Gasteiger partial charge on any atom is 0.296 e. The van der Waals surface area contributed by atoms with Crippen LogP contribution in [0.25, 0.3) is 6.08 Å². The van der Waals surface area contributed by atoms with E-state index in [0.29, 0.717) is 28.5 Å². The van der Waals surface area contributed by atoms with Crippen LogP contribution in [0.4, 0.5) is 5.13 Å². The number of hydrogen-bond acceptors (Lipinski definition) is 7. The Morgan fingerprint density at radius 3 is 2.57 bits per heavy atom. The lowest BCUT2D eigenvalue weighted by Gasteiger charge is -2.24. The average molecular weight is 489 g/mol. The number of nitrogens with zero attached hydrogens (tertiary/aromatic N) is 2. The number of aliphatic hydroxyl groups excluding tert-OH is 1. The molecule has 1 atom stereocenters. The highest BCUT2D eigenvalue weighted by atomic mass is 32.1. The van der Waals surface area contributed by atoms with E-state index in [1.807, 2.05) is 37.3 Å². The van der Waals surface area contributed by atoms with Gasteiger partial charge in [-0.25, -0.2) is 4.98 Å². The minimum atomic E-state index is -0.943. The molecule has 1 aliphatic heterocycles. The molecule has 178 valence electrons. The number of carbonyl (C=O) groups excluding carboxylic acids is 3. The topological polar surface area (TPSA) is 96.8 Å². The van der Waals surface area contributed by atoms with Crippen molar-refractivity contribution in [1.29, 1.82) is 0 Å². The molecule has 2 heterocycles. The van der Waals surface area contributed by atoms with Gasteiger partial charge < -0.3 is 9.84 Å². The van der Waals surface area contributed by atoms with Crippen LogP contribution in [-0.2, 0) is 9.59 Å². The molecule has 0 fully saturated rings. The van der Waals surface area contributed by atoms with E-state index in [2.05, 4.69) is 4.98 Å². The highest BCUT2D eigenvalue weighted by Gasteiger charge is 2.45. The second kappa shape index (κ2) is 10.1. The Hall–Kier alpha value is -4.04. The van der Waals surface area contributed by atoms with Crippen LogP contribution < -0.4 is 9.64 Å². The molecule has 7 nitrogen and oxygen atoms in total. The van der Waals surface area contributed by atoms with Gasteiger partial charge in [0.15, 0.2) is 22.5 Å². The molecule has 1 unspecified atom stereocenters. The maximum absolute atomic E-state index is 13.3. The molecule has 3 aromatic rings. The summed E-state index contributed by atoms with van der Waals surface area (Å²) in [6.45, 7) is 5.41. The number of rotatable bonds is 8. The normalized spacial score (nSPS) is 15.8. The first-order valence-electron chi connectivity index (χ1n) is 11.1. The number of aromatic nitrogens is 1. The van der Waals surface area contributed by atoms with Gasteiger partial charge >= 0.3 is 0 Å². The zero-order valence-electron chi connectivity index (χ0n) is 19.5. The molecule has 2 aromatic carbocycles. The van der Waals surface area contributed by atoms with Crippen LogP contribution in [0.2, 0.25) is 0 Å². The van der Waals surface area contributed by atoms with Crippen molar-refractivity contribution < 1.29 is 24.2 Å². The van der Waals surface area contributed by atoms with Gasteiger partial charge in [0, 0.05) is 6.92 Å². The smallest absolute Gasteiger partial charge is 0.296 e. The number of aliphatic hydroxyl groups is 1. The van der Waals surface area contributed by atoms with Gasteiger partial charge in [0.2, 0.25) is 0 Å². The molecule has 1 aromatic heterocycles. The average Bonchev–Trinajstić information content (AvgIpc) is 3.35. The standard InChI is InChI=1S/C27H24N2O5S/c1-4-34-20-12-8-11-19(15-20)23-22(21(31)14-13-18-9-6-5-7-10-18)24(32)26(33)29(23)27-28-16(2)25(35-27)17(3)30/h5-15,23,32H,4H2,1-3H3/b14-13+. The molecule has 1 amide bonds. The summed E-state index contributed by atoms with van der Waals surface area (Å²) in [5, 5.41) is 11.1. The molecule has 0 aliphatic carbocycles. The molecule has 1 aliphatic rings. The van der Waals surface area contributed by atoms with Gasteiger partial charge in [0.05, 0.1) is 28.8 Å². The number of ketones is 2. The first-order valence-corrected chi connectivity index (χ1v) is 11.9. The zero-order chi connectivity index (χ0) is 25.1. The number of anilines is 1. The second-order valence-corrected chi connectivity index (χ2v) is 8.90.